The van der Waals surface area contributed by atoms with Crippen molar-refractivity contribution in [3.8, 4) is 0 Å². The Morgan fingerprint density at radius 3 is 2.38 bits per heavy atom. The Balaban J connectivity index is 2.58. The third-order valence-corrected chi connectivity index (χ3v) is 1.09. The van der Waals surface area contributed by atoms with Crippen LogP contribution in [0.4, 0.5) is 0 Å². The SMILES string of the molecule is C[N+]1(C)C=CC([O-])N1. The van der Waals surface area contributed by atoms with Crippen molar-refractivity contribution in [1.29, 1.82) is 0 Å². The van der Waals surface area contributed by atoms with E-state index in [1.165, 1.54) is 0 Å². The second kappa shape index (κ2) is 1.55. The fraction of sp³-hybridized carbons (Fsp3) is 0.600. The lowest BCUT2D eigenvalue weighted by atomic mass is 10.6. The predicted molar refractivity (Wildman–Crippen MR) is 28.2 cm³/mol. The van der Waals surface area contributed by atoms with E-state index in [-0.39, 0.29) is 0 Å². The molecule has 0 amide bonds. The predicted octanol–water partition coefficient (Wildman–Crippen LogP) is -1.22. The maximum absolute atomic E-state index is 10.5. The minimum absolute atomic E-state index is 0.494. The minimum Gasteiger partial charge on any atom is -0.834 e. The van der Waals surface area contributed by atoms with Crippen LogP contribution in [0.1, 0.15) is 0 Å². The number of hydrogen-bond donors (Lipinski definition) is 1. The molecule has 0 aromatic heterocycles. The van der Waals surface area contributed by atoms with Gasteiger partial charge in [0.2, 0.25) is 0 Å². The van der Waals surface area contributed by atoms with Gasteiger partial charge in [-0.2, -0.15) is 5.43 Å². The van der Waals surface area contributed by atoms with E-state index >= 15 is 0 Å². The molecule has 0 bridgehead atoms. The zero-order chi connectivity index (χ0) is 6.20. The van der Waals surface area contributed by atoms with Crippen molar-refractivity contribution in [2.24, 2.45) is 0 Å². The van der Waals surface area contributed by atoms with Crippen LogP contribution in [0.3, 0.4) is 0 Å². The third-order valence-electron chi connectivity index (χ3n) is 1.09. The quantitative estimate of drug-likeness (QED) is 0.401. The van der Waals surface area contributed by atoms with Crippen LogP contribution in [0.15, 0.2) is 12.3 Å². The highest BCUT2D eigenvalue weighted by Crippen LogP contribution is 2.00. The van der Waals surface area contributed by atoms with Crippen LogP contribution in [0.2, 0.25) is 0 Å². The number of hydrogen-bond acceptors (Lipinski definition) is 2. The van der Waals surface area contributed by atoms with Crippen LogP contribution in [0.5, 0.6) is 0 Å². The first kappa shape index (κ1) is 5.75. The normalized spacial score (nSPS) is 33.6. The molecule has 0 saturated carbocycles. The van der Waals surface area contributed by atoms with Gasteiger partial charge in [-0.3, -0.25) is 0 Å². The summed E-state index contributed by atoms with van der Waals surface area (Å²) in [6, 6.07) is 0. The maximum atomic E-state index is 10.5. The lowest BCUT2D eigenvalue weighted by molar-refractivity contribution is -0.890. The van der Waals surface area contributed by atoms with Gasteiger partial charge < -0.3 is 5.11 Å². The van der Waals surface area contributed by atoms with Gasteiger partial charge in [0.1, 0.15) is 6.20 Å². The van der Waals surface area contributed by atoms with Crippen LogP contribution in [0.25, 0.3) is 0 Å². The lowest BCUT2D eigenvalue weighted by Gasteiger charge is -2.24. The van der Waals surface area contributed by atoms with Gasteiger partial charge in [-0.25, -0.2) is 4.59 Å². The van der Waals surface area contributed by atoms with E-state index in [2.05, 4.69) is 5.43 Å². The second-order valence-corrected chi connectivity index (χ2v) is 2.43. The molecule has 1 atom stereocenters. The number of nitrogens with one attached hydrogen (secondary N) is 1. The number of rotatable bonds is 0. The molecule has 3 nitrogen and oxygen atoms in total. The van der Waals surface area contributed by atoms with Crippen molar-refractivity contribution < 1.29 is 9.70 Å². The summed E-state index contributed by atoms with van der Waals surface area (Å²) in [7, 11) is 3.82. The first-order valence-corrected chi connectivity index (χ1v) is 2.57. The standard InChI is InChI=1S/C5H10N2O/c1-7(2)4-3-5(8)6-7/h3-6H,1-2H3. The molecule has 8 heavy (non-hydrogen) atoms. The van der Waals surface area contributed by atoms with Gasteiger partial charge in [-0.15, -0.1) is 0 Å². The monoisotopic (exact) mass is 114 g/mol. The molecule has 0 saturated heterocycles. The molecule has 0 radical (unpaired) electrons. The first-order valence-electron chi connectivity index (χ1n) is 2.57. The van der Waals surface area contributed by atoms with E-state index in [0.29, 0.717) is 4.59 Å². The molecule has 0 aliphatic carbocycles. The minimum atomic E-state index is -0.718. The van der Waals surface area contributed by atoms with Crippen LogP contribution >= 0.6 is 0 Å². The largest absolute Gasteiger partial charge is 0.834 e. The summed E-state index contributed by atoms with van der Waals surface area (Å²) in [4.78, 5) is 0. The Morgan fingerprint density at radius 2 is 2.25 bits per heavy atom. The molecule has 0 aromatic carbocycles. The average Bonchev–Trinajstić information content (AvgIpc) is 1.82. The maximum Gasteiger partial charge on any atom is 0.111 e. The highest BCUT2D eigenvalue weighted by atomic mass is 16.3. The summed E-state index contributed by atoms with van der Waals surface area (Å²) in [6.45, 7) is 0. The molecule has 46 valence electrons. The molecule has 3 heteroatoms. The molecular formula is C5H10N2O. The third kappa shape index (κ3) is 1.06. The van der Waals surface area contributed by atoms with Crippen LogP contribution in [0, 0.1) is 0 Å². The van der Waals surface area contributed by atoms with E-state index in [9.17, 15) is 5.11 Å². The van der Waals surface area contributed by atoms with Gasteiger partial charge in [0.05, 0.1) is 14.1 Å². The Morgan fingerprint density at radius 1 is 1.62 bits per heavy atom. The summed E-state index contributed by atoms with van der Waals surface area (Å²) >= 11 is 0. The Bertz CT molecular complexity index is 120. The van der Waals surface area contributed by atoms with Crippen molar-refractivity contribution in [3.05, 3.63) is 12.3 Å². The summed E-state index contributed by atoms with van der Waals surface area (Å²) in [5.41, 5.74) is 2.76. The zero-order valence-electron chi connectivity index (χ0n) is 5.09. The molecule has 1 rings (SSSR count). The molecule has 1 heterocycles. The van der Waals surface area contributed by atoms with E-state index in [1.54, 1.807) is 6.08 Å². The highest BCUT2D eigenvalue weighted by molar-refractivity contribution is 4.83. The van der Waals surface area contributed by atoms with E-state index in [4.69, 9.17) is 0 Å². The second-order valence-electron chi connectivity index (χ2n) is 2.43. The van der Waals surface area contributed by atoms with E-state index < -0.39 is 6.23 Å². The fourth-order valence-electron chi connectivity index (χ4n) is 0.707. The Kier molecular flexibility index (Phi) is 1.11. The number of quaternary nitrogens is 1. The van der Waals surface area contributed by atoms with Crippen molar-refractivity contribution in [3.63, 3.8) is 0 Å². The van der Waals surface area contributed by atoms with E-state index in [1.807, 2.05) is 20.3 Å². The first-order chi connectivity index (χ1) is 3.60. The Hall–Kier alpha value is -0.380. The van der Waals surface area contributed by atoms with E-state index in [0.717, 1.165) is 0 Å². The van der Waals surface area contributed by atoms with Crippen LogP contribution < -0.4 is 10.5 Å². The molecule has 1 unspecified atom stereocenters. The lowest BCUT2D eigenvalue weighted by Crippen LogP contribution is -2.51. The summed E-state index contributed by atoms with van der Waals surface area (Å²) < 4.78 is 0.494. The van der Waals surface area contributed by atoms with Gasteiger partial charge in [-0.05, 0) is 6.08 Å². The summed E-state index contributed by atoms with van der Waals surface area (Å²) in [6.07, 6.45) is 2.72. The smallest absolute Gasteiger partial charge is 0.111 e. The molecule has 0 fully saturated rings. The molecule has 1 N–H and O–H groups in total. The van der Waals surface area contributed by atoms with Gasteiger partial charge in [0.25, 0.3) is 0 Å². The van der Waals surface area contributed by atoms with Crippen molar-refractivity contribution in [1.82, 2.24) is 5.43 Å². The fourth-order valence-corrected chi connectivity index (χ4v) is 0.707. The van der Waals surface area contributed by atoms with Crippen molar-refractivity contribution in [2.45, 2.75) is 6.23 Å². The molecular weight excluding hydrogens is 104 g/mol. The van der Waals surface area contributed by atoms with Crippen LogP contribution in [-0.2, 0) is 0 Å². The number of nitrogens with zero attached hydrogens (tertiary/aromatic N) is 1. The van der Waals surface area contributed by atoms with Gasteiger partial charge >= 0.3 is 0 Å². The highest BCUT2D eigenvalue weighted by Gasteiger charge is 2.16. The van der Waals surface area contributed by atoms with Gasteiger partial charge in [0, 0.05) is 6.23 Å². The van der Waals surface area contributed by atoms with Gasteiger partial charge in [0.15, 0.2) is 0 Å². The molecule has 0 aromatic rings. The van der Waals surface area contributed by atoms with Gasteiger partial charge in [-0.1, -0.05) is 0 Å². The van der Waals surface area contributed by atoms with Crippen molar-refractivity contribution >= 4 is 0 Å². The topological polar surface area (TPSA) is 35.1 Å². The zero-order valence-corrected chi connectivity index (χ0v) is 5.09. The summed E-state index contributed by atoms with van der Waals surface area (Å²) in [5.74, 6) is 0. The van der Waals surface area contributed by atoms with Crippen LogP contribution in [-0.4, -0.2) is 24.9 Å². The Labute approximate surface area is 48.8 Å². The molecule has 1 aliphatic heterocycles. The summed E-state index contributed by atoms with van der Waals surface area (Å²) in [5, 5.41) is 10.5. The molecule has 1 aliphatic rings. The average molecular weight is 114 g/mol. The molecule has 0 spiro atoms. The van der Waals surface area contributed by atoms with Crippen molar-refractivity contribution in [2.75, 3.05) is 14.1 Å².